The van der Waals surface area contributed by atoms with E-state index in [1.165, 1.54) is 0 Å². The van der Waals surface area contributed by atoms with Crippen molar-refractivity contribution >= 4 is 11.1 Å². The van der Waals surface area contributed by atoms with Crippen molar-refractivity contribution < 1.29 is 4.42 Å². The van der Waals surface area contributed by atoms with Gasteiger partial charge in [0.05, 0.1) is 6.07 Å². The average molecular weight is 172 g/mol. The number of oxazole rings is 1. The van der Waals surface area contributed by atoms with Crippen molar-refractivity contribution in [3.05, 3.63) is 29.7 Å². The topological polar surface area (TPSA) is 49.8 Å². The quantitative estimate of drug-likeness (QED) is 0.662. The van der Waals surface area contributed by atoms with Crippen LogP contribution < -0.4 is 0 Å². The number of benzene rings is 1. The maximum absolute atomic E-state index is 8.46. The smallest absolute Gasteiger partial charge is 0.209 e. The van der Waals surface area contributed by atoms with Gasteiger partial charge in [0.1, 0.15) is 11.9 Å². The van der Waals surface area contributed by atoms with Gasteiger partial charge in [0.25, 0.3) is 0 Å². The summed E-state index contributed by atoms with van der Waals surface area (Å²) in [6, 6.07) is 7.75. The Morgan fingerprint density at radius 1 is 1.54 bits per heavy atom. The molecule has 1 aromatic carbocycles. The highest BCUT2D eigenvalue weighted by Crippen LogP contribution is 2.18. The first-order valence-corrected chi connectivity index (χ1v) is 4.03. The molecule has 2 rings (SSSR count). The predicted molar refractivity (Wildman–Crippen MR) is 48.1 cm³/mol. The van der Waals surface area contributed by atoms with Crippen LogP contribution in [0.5, 0.6) is 0 Å². The summed E-state index contributed by atoms with van der Waals surface area (Å²) < 4.78 is 5.36. The number of hydrogen-bond donors (Lipinski definition) is 0. The molecule has 1 heterocycles. The minimum absolute atomic E-state index is 0.230. The lowest BCUT2D eigenvalue weighted by atomic mass is 10.2. The van der Waals surface area contributed by atoms with Crippen molar-refractivity contribution in [2.24, 2.45) is 0 Å². The van der Waals surface area contributed by atoms with Crippen molar-refractivity contribution in [2.45, 2.75) is 13.3 Å². The third-order valence-corrected chi connectivity index (χ3v) is 1.90. The molecule has 0 saturated carbocycles. The summed E-state index contributed by atoms with van der Waals surface area (Å²) in [6.45, 7) is 1.97. The third-order valence-electron chi connectivity index (χ3n) is 1.90. The van der Waals surface area contributed by atoms with Crippen LogP contribution in [0.4, 0.5) is 0 Å². The van der Waals surface area contributed by atoms with Gasteiger partial charge < -0.3 is 4.42 Å². The van der Waals surface area contributed by atoms with Gasteiger partial charge in [-0.05, 0) is 18.6 Å². The number of nitrogens with zero attached hydrogens (tertiary/aromatic N) is 2. The molecule has 0 amide bonds. The zero-order chi connectivity index (χ0) is 9.26. The third kappa shape index (κ3) is 1.27. The average Bonchev–Trinajstić information content (AvgIpc) is 2.49. The molecule has 0 aliphatic heterocycles. The monoisotopic (exact) mass is 172 g/mol. The van der Waals surface area contributed by atoms with E-state index < -0.39 is 0 Å². The van der Waals surface area contributed by atoms with Gasteiger partial charge in [0, 0.05) is 0 Å². The van der Waals surface area contributed by atoms with Crippen LogP contribution in [0.3, 0.4) is 0 Å². The van der Waals surface area contributed by atoms with Crippen LogP contribution >= 0.6 is 0 Å². The molecule has 0 saturated heterocycles. The number of para-hydroxylation sites is 1. The summed E-state index contributed by atoms with van der Waals surface area (Å²) >= 11 is 0. The molecule has 64 valence electrons. The van der Waals surface area contributed by atoms with Crippen LogP contribution in [-0.4, -0.2) is 4.98 Å². The number of rotatable bonds is 1. The van der Waals surface area contributed by atoms with Crippen molar-refractivity contribution in [2.75, 3.05) is 0 Å². The van der Waals surface area contributed by atoms with E-state index in [9.17, 15) is 0 Å². The molecule has 0 N–H and O–H groups in total. The molecule has 3 heteroatoms. The molecular weight excluding hydrogens is 164 g/mol. The predicted octanol–water partition coefficient (Wildman–Crippen LogP) is 2.20. The maximum Gasteiger partial charge on any atom is 0.209 e. The molecule has 13 heavy (non-hydrogen) atoms. The van der Waals surface area contributed by atoms with Crippen LogP contribution in [0.25, 0.3) is 11.1 Å². The standard InChI is InChI=1S/C10H8N2O/c1-7-3-2-4-8-10(7)12-9(13-8)5-6-11/h2-4H,5H2,1H3. The Morgan fingerprint density at radius 3 is 3.08 bits per heavy atom. The van der Waals surface area contributed by atoms with E-state index in [-0.39, 0.29) is 6.42 Å². The first kappa shape index (κ1) is 7.81. The molecule has 0 radical (unpaired) electrons. The highest BCUT2D eigenvalue weighted by molar-refractivity contribution is 5.76. The fourth-order valence-electron chi connectivity index (χ4n) is 1.28. The van der Waals surface area contributed by atoms with E-state index in [0.717, 1.165) is 16.7 Å². The zero-order valence-corrected chi connectivity index (χ0v) is 7.24. The van der Waals surface area contributed by atoms with Gasteiger partial charge >= 0.3 is 0 Å². The molecule has 0 spiro atoms. The van der Waals surface area contributed by atoms with Crippen LogP contribution in [0.2, 0.25) is 0 Å². The van der Waals surface area contributed by atoms with Gasteiger partial charge in [-0.1, -0.05) is 12.1 Å². The lowest BCUT2D eigenvalue weighted by molar-refractivity contribution is 0.548. The molecule has 0 aliphatic carbocycles. The van der Waals surface area contributed by atoms with Crippen LogP contribution in [0.15, 0.2) is 22.6 Å². The normalized spacial score (nSPS) is 10.2. The molecule has 0 unspecified atom stereocenters. The van der Waals surface area contributed by atoms with Gasteiger partial charge in [0.2, 0.25) is 5.89 Å². The molecule has 0 bridgehead atoms. The molecule has 0 aliphatic rings. The summed E-state index contributed by atoms with van der Waals surface area (Å²) in [6.07, 6.45) is 0.230. The highest BCUT2D eigenvalue weighted by Gasteiger charge is 2.05. The van der Waals surface area contributed by atoms with E-state index in [2.05, 4.69) is 4.98 Å². The fraction of sp³-hybridized carbons (Fsp3) is 0.200. The summed E-state index contributed by atoms with van der Waals surface area (Å²) in [7, 11) is 0. The van der Waals surface area contributed by atoms with Crippen LogP contribution in [0, 0.1) is 18.3 Å². The van der Waals surface area contributed by atoms with E-state index in [0.29, 0.717) is 5.89 Å². The van der Waals surface area contributed by atoms with Crippen molar-refractivity contribution in [1.82, 2.24) is 4.98 Å². The molecule has 3 nitrogen and oxygen atoms in total. The fourth-order valence-corrected chi connectivity index (χ4v) is 1.28. The number of fused-ring (bicyclic) bond motifs is 1. The largest absolute Gasteiger partial charge is 0.440 e. The Balaban J connectivity index is 2.63. The van der Waals surface area contributed by atoms with Crippen molar-refractivity contribution in [3.8, 4) is 6.07 Å². The van der Waals surface area contributed by atoms with Gasteiger partial charge in [-0.25, -0.2) is 4.98 Å². The maximum atomic E-state index is 8.46. The summed E-state index contributed by atoms with van der Waals surface area (Å²) in [5.41, 5.74) is 2.68. The van der Waals surface area contributed by atoms with Gasteiger partial charge in [-0.2, -0.15) is 5.26 Å². The molecule has 2 aromatic rings. The van der Waals surface area contributed by atoms with Crippen molar-refractivity contribution in [1.29, 1.82) is 5.26 Å². The van der Waals surface area contributed by atoms with E-state index in [1.807, 2.05) is 31.2 Å². The Bertz CT molecular complexity index is 479. The van der Waals surface area contributed by atoms with Gasteiger partial charge in [0.15, 0.2) is 5.58 Å². The van der Waals surface area contributed by atoms with Crippen molar-refractivity contribution in [3.63, 3.8) is 0 Å². The second-order valence-electron chi connectivity index (χ2n) is 2.86. The first-order valence-electron chi connectivity index (χ1n) is 4.03. The highest BCUT2D eigenvalue weighted by atomic mass is 16.3. The van der Waals surface area contributed by atoms with Gasteiger partial charge in [-0.3, -0.25) is 0 Å². The minimum atomic E-state index is 0.230. The zero-order valence-electron chi connectivity index (χ0n) is 7.24. The minimum Gasteiger partial charge on any atom is -0.440 e. The Morgan fingerprint density at radius 2 is 2.38 bits per heavy atom. The second kappa shape index (κ2) is 2.91. The lowest BCUT2D eigenvalue weighted by Crippen LogP contribution is -1.79. The van der Waals surface area contributed by atoms with E-state index >= 15 is 0 Å². The Kier molecular flexibility index (Phi) is 1.75. The number of aryl methyl sites for hydroxylation is 1. The number of nitriles is 1. The van der Waals surface area contributed by atoms with E-state index in [1.54, 1.807) is 0 Å². The van der Waals surface area contributed by atoms with E-state index in [4.69, 9.17) is 9.68 Å². The van der Waals surface area contributed by atoms with Crippen LogP contribution in [-0.2, 0) is 6.42 Å². The van der Waals surface area contributed by atoms with Crippen LogP contribution in [0.1, 0.15) is 11.5 Å². The second-order valence-corrected chi connectivity index (χ2v) is 2.86. The molecular formula is C10H8N2O. The Labute approximate surface area is 75.6 Å². The summed E-state index contributed by atoms with van der Waals surface area (Å²) in [5, 5.41) is 8.46. The molecule has 1 aromatic heterocycles. The first-order chi connectivity index (χ1) is 6.31. The Hall–Kier alpha value is -1.82. The molecule has 0 atom stereocenters. The lowest BCUT2D eigenvalue weighted by Gasteiger charge is -1.88. The summed E-state index contributed by atoms with van der Waals surface area (Å²) in [4.78, 5) is 4.21. The summed E-state index contributed by atoms with van der Waals surface area (Å²) in [5.74, 6) is 0.492. The van der Waals surface area contributed by atoms with Gasteiger partial charge in [-0.15, -0.1) is 0 Å². The SMILES string of the molecule is Cc1cccc2oc(CC#N)nc12. The number of aromatic nitrogens is 1. The molecule has 0 fully saturated rings. The number of hydrogen-bond acceptors (Lipinski definition) is 3.